The molecule has 3 aromatic rings. The summed E-state index contributed by atoms with van der Waals surface area (Å²) in [7, 11) is -4.11. The second-order valence-electron chi connectivity index (χ2n) is 5.41. The molecule has 1 aromatic heterocycles. The maximum atomic E-state index is 12.9. The number of hydrogen-bond donors (Lipinski definition) is 0. The Hall–Kier alpha value is -3.26. The summed E-state index contributed by atoms with van der Waals surface area (Å²) in [4.78, 5) is 14.4. The fourth-order valence-electron chi connectivity index (χ4n) is 2.46. The molecule has 132 valence electrons. The zero-order chi connectivity index (χ0) is 18.6. The molecule has 0 unspecified atom stereocenters. The predicted molar refractivity (Wildman–Crippen MR) is 97.9 cm³/mol. The molecule has 2 aromatic carbocycles. The first-order valence-electron chi connectivity index (χ1n) is 7.70. The summed E-state index contributed by atoms with van der Waals surface area (Å²) in [5, 5.41) is 11.2. The lowest BCUT2D eigenvalue weighted by atomic mass is 10.2. The molecule has 0 saturated carbocycles. The molecule has 8 heteroatoms. The Morgan fingerprint density at radius 2 is 1.69 bits per heavy atom. The summed E-state index contributed by atoms with van der Waals surface area (Å²) >= 11 is 0. The third-order valence-electron chi connectivity index (χ3n) is 3.68. The average Bonchev–Trinajstić information content (AvgIpc) is 3.12. The molecular formula is C18H15N3O4S. The van der Waals surface area contributed by atoms with Gasteiger partial charge < -0.3 is 0 Å². The smallest absolute Gasteiger partial charge is 0.286 e. The van der Waals surface area contributed by atoms with Crippen LogP contribution in [0, 0.1) is 10.1 Å². The number of para-hydroxylation sites is 1. The number of aliphatic imine (C=N–C) groups is 1. The normalized spacial score (nSPS) is 11.7. The first kappa shape index (κ1) is 17.6. The highest BCUT2D eigenvalue weighted by molar-refractivity contribution is 7.90. The van der Waals surface area contributed by atoms with Crippen molar-refractivity contribution in [2.45, 2.75) is 11.4 Å². The largest absolute Gasteiger partial charge is 0.289 e. The molecule has 3 rings (SSSR count). The number of nitrogens with zero attached hydrogens (tertiary/aromatic N) is 3. The van der Waals surface area contributed by atoms with Crippen LogP contribution in [0.25, 0.3) is 0 Å². The number of hydrogen-bond acceptors (Lipinski definition) is 5. The number of rotatable bonds is 6. The van der Waals surface area contributed by atoms with Gasteiger partial charge >= 0.3 is 0 Å². The molecule has 0 atom stereocenters. The van der Waals surface area contributed by atoms with Gasteiger partial charge in [-0.25, -0.2) is 12.4 Å². The number of benzene rings is 2. The molecule has 7 nitrogen and oxygen atoms in total. The van der Waals surface area contributed by atoms with E-state index in [2.05, 4.69) is 4.99 Å². The van der Waals surface area contributed by atoms with E-state index in [-0.39, 0.29) is 4.90 Å². The molecule has 0 N–H and O–H groups in total. The van der Waals surface area contributed by atoms with Crippen LogP contribution in [-0.4, -0.2) is 23.5 Å². The van der Waals surface area contributed by atoms with Gasteiger partial charge in [-0.05, 0) is 23.8 Å². The Morgan fingerprint density at radius 3 is 2.42 bits per heavy atom. The van der Waals surface area contributed by atoms with E-state index in [1.54, 1.807) is 12.1 Å². The topological polar surface area (TPSA) is 94.6 Å². The number of nitro benzene ring substituents is 1. The molecule has 26 heavy (non-hydrogen) atoms. The van der Waals surface area contributed by atoms with Crippen LogP contribution in [-0.2, 0) is 16.6 Å². The molecule has 0 aliphatic heterocycles. The van der Waals surface area contributed by atoms with Gasteiger partial charge in [-0.3, -0.25) is 15.1 Å². The van der Waals surface area contributed by atoms with E-state index in [1.165, 1.54) is 36.7 Å². The summed E-state index contributed by atoms with van der Waals surface area (Å²) in [6, 6.07) is 17.9. The molecule has 0 fully saturated rings. The van der Waals surface area contributed by atoms with E-state index in [0.29, 0.717) is 12.2 Å². The standard InChI is InChI=1S/C18H15N3O4S/c22-21(23)17-10-4-5-11-18(17)26(24,25)20-12-6-9-16(20)14-19-13-15-7-2-1-3-8-15/h1-12,14H,13H2. The zero-order valence-corrected chi connectivity index (χ0v) is 14.4. The van der Waals surface area contributed by atoms with Gasteiger partial charge in [0.15, 0.2) is 4.90 Å². The van der Waals surface area contributed by atoms with Crippen LogP contribution in [0.4, 0.5) is 5.69 Å². The first-order chi connectivity index (χ1) is 12.5. The van der Waals surface area contributed by atoms with E-state index < -0.39 is 20.6 Å². The van der Waals surface area contributed by atoms with Gasteiger partial charge in [0, 0.05) is 18.5 Å². The van der Waals surface area contributed by atoms with E-state index in [4.69, 9.17) is 0 Å². The van der Waals surface area contributed by atoms with Crippen molar-refractivity contribution in [1.29, 1.82) is 0 Å². The van der Waals surface area contributed by atoms with Crippen LogP contribution in [0.1, 0.15) is 11.3 Å². The molecule has 0 spiro atoms. The first-order valence-corrected chi connectivity index (χ1v) is 9.14. The third kappa shape index (κ3) is 3.55. The average molecular weight is 369 g/mol. The summed E-state index contributed by atoms with van der Waals surface area (Å²) in [5.74, 6) is 0. The molecular weight excluding hydrogens is 354 g/mol. The van der Waals surface area contributed by atoms with Gasteiger partial charge in [0.1, 0.15) is 0 Å². The van der Waals surface area contributed by atoms with Crippen molar-refractivity contribution in [2.24, 2.45) is 4.99 Å². The minimum Gasteiger partial charge on any atom is -0.286 e. The van der Waals surface area contributed by atoms with Crippen molar-refractivity contribution >= 4 is 21.9 Å². The Balaban J connectivity index is 1.94. The van der Waals surface area contributed by atoms with Gasteiger partial charge in [0.2, 0.25) is 0 Å². The highest BCUT2D eigenvalue weighted by Gasteiger charge is 2.27. The van der Waals surface area contributed by atoms with E-state index in [1.807, 2.05) is 30.3 Å². The zero-order valence-electron chi connectivity index (χ0n) is 13.6. The van der Waals surface area contributed by atoms with Crippen LogP contribution in [0.2, 0.25) is 0 Å². The lowest BCUT2D eigenvalue weighted by molar-refractivity contribution is -0.387. The summed E-state index contributed by atoms with van der Waals surface area (Å²) in [6.07, 6.45) is 2.79. The second kappa shape index (κ2) is 7.32. The van der Waals surface area contributed by atoms with Gasteiger partial charge in [-0.15, -0.1) is 0 Å². The number of nitro groups is 1. The molecule has 0 bridgehead atoms. The third-order valence-corrected chi connectivity index (χ3v) is 5.43. The van der Waals surface area contributed by atoms with E-state index in [9.17, 15) is 18.5 Å². The highest BCUT2D eigenvalue weighted by atomic mass is 32.2. The maximum absolute atomic E-state index is 12.9. The number of aromatic nitrogens is 1. The van der Waals surface area contributed by atoms with Crippen molar-refractivity contribution in [3.05, 3.63) is 94.3 Å². The van der Waals surface area contributed by atoms with Crippen LogP contribution in [0.15, 0.2) is 82.8 Å². The van der Waals surface area contributed by atoms with Crippen molar-refractivity contribution in [2.75, 3.05) is 0 Å². The van der Waals surface area contributed by atoms with Gasteiger partial charge in [0.25, 0.3) is 15.7 Å². The van der Waals surface area contributed by atoms with Gasteiger partial charge in [0.05, 0.1) is 17.2 Å². The molecule has 0 saturated heterocycles. The Kier molecular flexibility index (Phi) is 4.94. The van der Waals surface area contributed by atoms with Crippen LogP contribution < -0.4 is 0 Å². The van der Waals surface area contributed by atoms with E-state index in [0.717, 1.165) is 9.54 Å². The van der Waals surface area contributed by atoms with Crippen molar-refractivity contribution in [3.63, 3.8) is 0 Å². The van der Waals surface area contributed by atoms with Crippen LogP contribution in [0.3, 0.4) is 0 Å². The lowest BCUT2D eigenvalue weighted by Crippen LogP contribution is -2.16. The summed E-state index contributed by atoms with van der Waals surface area (Å²) in [5.41, 5.74) is 0.843. The predicted octanol–water partition coefficient (Wildman–Crippen LogP) is 3.25. The van der Waals surface area contributed by atoms with Crippen LogP contribution in [0.5, 0.6) is 0 Å². The Morgan fingerprint density at radius 1 is 1.00 bits per heavy atom. The van der Waals surface area contributed by atoms with Crippen molar-refractivity contribution in [3.8, 4) is 0 Å². The molecule has 0 aliphatic carbocycles. The van der Waals surface area contributed by atoms with Crippen molar-refractivity contribution < 1.29 is 13.3 Å². The van der Waals surface area contributed by atoms with E-state index >= 15 is 0 Å². The SMILES string of the molecule is O=[N+]([O-])c1ccccc1S(=O)(=O)n1cccc1C=NCc1ccccc1. The fourth-order valence-corrected chi connectivity index (χ4v) is 3.94. The van der Waals surface area contributed by atoms with Gasteiger partial charge in [-0.1, -0.05) is 42.5 Å². The Labute approximate surface area is 150 Å². The monoisotopic (exact) mass is 369 g/mol. The van der Waals surface area contributed by atoms with Gasteiger partial charge in [-0.2, -0.15) is 0 Å². The van der Waals surface area contributed by atoms with Crippen molar-refractivity contribution in [1.82, 2.24) is 3.97 Å². The summed E-state index contributed by atoms with van der Waals surface area (Å²) < 4.78 is 26.7. The highest BCUT2D eigenvalue weighted by Crippen LogP contribution is 2.25. The van der Waals surface area contributed by atoms with Crippen LogP contribution >= 0.6 is 0 Å². The minimum atomic E-state index is -4.11. The molecule has 0 aliphatic rings. The molecule has 0 radical (unpaired) electrons. The lowest BCUT2D eigenvalue weighted by Gasteiger charge is -2.08. The molecule has 0 amide bonds. The Bertz CT molecular complexity index is 1060. The quantitative estimate of drug-likeness (QED) is 0.379. The fraction of sp³-hybridized carbons (Fsp3) is 0.0556. The maximum Gasteiger partial charge on any atom is 0.289 e. The molecule has 1 heterocycles. The second-order valence-corrected chi connectivity index (χ2v) is 7.20. The minimum absolute atomic E-state index is 0.319. The summed E-state index contributed by atoms with van der Waals surface area (Å²) in [6.45, 7) is 0.400.